The third-order valence-corrected chi connectivity index (χ3v) is 11.8. The first kappa shape index (κ1) is 38.5. The molecule has 1 amide bonds. The number of carbonyl (C=O) groups is 1. The van der Waals surface area contributed by atoms with Crippen molar-refractivity contribution in [2.75, 3.05) is 65.1 Å². The zero-order valence-electron chi connectivity index (χ0n) is 30.5. The van der Waals surface area contributed by atoms with Gasteiger partial charge >= 0.3 is 0 Å². The van der Waals surface area contributed by atoms with Crippen LogP contribution in [0.25, 0.3) is 0 Å². The molecule has 0 radical (unpaired) electrons. The van der Waals surface area contributed by atoms with Crippen LogP contribution in [0.15, 0.2) is 71.6 Å². The third kappa shape index (κ3) is 9.41. The molecule has 278 valence electrons. The Morgan fingerprint density at radius 3 is 2.49 bits per heavy atom. The van der Waals surface area contributed by atoms with Crippen LogP contribution < -0.4 is 19.7 Å². The van der Waals surface area contributed by atoms with Gasteiger partial charge in [-0.05, 0) is 73.7 Å². The number of carbonyl (C=O) groups excluding carboxylic acids is 1. The summed E-state index contributed by atoms with van der Waals surface area (Å²) in [5.74, 6) is 1.14. The van der Waals surface area contributed by atoms with Crippen LogP contribution >= 0.6 is 0 Å². The number of fused-ring (bicyclic) bond motifs is 1. The summed E-state index contributed by atoms with van der Waals surface area (Å²) >= 11 is 0. The number of aliphatic hydroxyl groups is 1. The molecule has 11 nitrogen and oxygen atoms in total. The Bertz CT molecular complexity index is 1700. The van der Waals surface area contributed by atoms with Crippen molar-refractivity contribution < 1.29 is 37.3 Å². The Kier molecular flexibility index (Phi) is 13.0. The lowest BCUT2D eigenvalue weighted by Gasteiger charge is -2.45. The molecule has 0 aromatic heterocycles. The molecule has 0 aliphatic carbocycles. The second-order valence-electron chi connectivity index (χ2n) is 14.1. The molecule has 2 heterocycles. The molecule has 3 atom stereocenters. The number of anilines is 1. The summed E-state index contributed by atoms with van der Waals surface area (Å²) in [7, 11) is -0.647. The topological polar surface area (TPSA) is 127 Å². The van der Waals surface area contributed by atoms with E-state index < -0.39 is 27.6 Å². The van der Waals surface area contributed by atoms with Crippen LogP contribution in [0.4, 0.5) is 5.69 Å². The molecule has 0 spiro atoms. The lowest BCUT2D eigenvalue weighted by Crippen LogP contribution is -2.54. The van der Waals surface area contributed by atoms with Gasteiger partial charge in [-0.2, -0.15) is 4.31 Å². The fraction of sp³-hybridized carbons (Fsp3) is 0.513. The largest absolute Gasteiger partial charge is 0.497 e. The maximum atomic E-state index is 14.5. The Morgan fingerprint density at radius 1 is 1.06 bits per heavy atom. The monoisotopic (exact) mass is 723 g/mol. The fourth-order valence-corrected chi connectivity index (χ4v) is 8.69. The molecule has 2 N–H and O–H groups in total. The van der Waals surface area contributed by atoms with Crippen molar-refractivity contribution in [2.24, 2.45) is 5.41 Å². The molecule has 3 aromatic rings. The third-order valence-electron chi connectivity index (χ3n) is 9.89. The van der Waals surface area contributed by atoms with E-state index in [1.165, 1.54) is 0 Å². The van der Waals surface area contributed by atoms with Crippen molar-refractivity contribution >= 4 is 21.6 Å². The second-order valence-corrected chi connectivity index (χ2v) is 15.9. The minimum absolute atomic E-state index is 0.100. The van der Waals surface area contributed by atoms with E-state index in [1.807, 2.05) is 57.2 Å². The molecule has 51 heavy (non-hydrogen) atoms. The molecule has 1 fully saturated rings. The first-order valence-corrected chi connectivity index (χ1v) is 19.1. The number of aliphatic hydroxyl groups excluding tert-OH is 1. The molecule has 2 aliphatic rings. The quantitative estimate of drug-likeness (QED) is 0.199. The van der Waals surface area contributed by atoms with E-state index in [0.29, 0.717) is 19.6 Å². The highest BCUT2D eigenvalue weighted by atomic mass is 32.2. The predicted molar refractivity (Wildman–Crippen MR) is 197 cm³/mol. The Labute approximate surface area is 302 Å². The maximum Gasteiger partial charge on any atom is 0.243 e. The number of nitrogens with one attached hydrogen (secondary N) is 1. The van der Waals surface area contributed by atoms with Crippen molar-refractivity contribution in [1.29, 1.82) is 0 Å². The highest BCUT2D eigenvalue weighted by molar-refractivity contribution is 7.89. The zero-order chi connectivity index (χ0) is 36.6. The molecular weight excluding hydrogens is 671 g/mol. The van der Waals surface area contributed by atoms with Gasteiger partial charge in [0.15, 0.2) is 0 Å². The number of nitrogens with zero attached hydrogens (tertiary/aromatic N) is 2. The van der Waals surface area contributed by atoms with Gasteiger partial charge < -0.3 is 34.3 Å². The van der Waals surface area contributed by atoms with Gasteiger partial charge in [0.25, 0.3) is 0 Å². The van der Waals surface area contributed by atoms with Crippen molar-refractivity contribution in [3.05, 3.63) is 83.4 Å². The number of sulfonamides is 1. The van der Waals surface area contributed by atoms with Crippen LogP contribution in [0.1, 0.15) is 55.7 Å². The lowest BCUT2D eigenvalue weighted by molar-refractivity contribution is -0.130. The van der Waals surface area contributed by atoms with Crippen LogP contribution in [0, 0.1) is 12.3 Å². The number of methoxy groups -OCH3 is 2. The molecular formula is C39H53N3O8S. The summed E-state index contributed by atoms with van der Waals surface area (Å²) in [5.41, 5.74) is 3.02. The number of benzene rings is 3. The minimum Gasteiger partial charge on any atom is -0.497 e. The summed E-state index contributed by atoms with van der Waals surface area (Å²) in [5, 5.41) is 12.1. The van der Waals surface area contributed by atoms with Crippen LogP contribution in [-0.4, -0.2) is 96.1 Å². The Hall–Kier alpha value is -3.68. The standard InChI is InChI=1S/C39H53N3O8S/c1-28-7-14-33(15-8-28)51(45,46)42-26-37(50-27-29-9-16-36-35(23-29)41(19-22-49-36)18-6-21-47-4)34(30-10-12-32(48-5)13-11-30)24-31(42)25-39(2,3)38(44)40-17-20-43/h7-16,23,31,34,37,43H,6,17-22,24-27H2,1-5H3,(H,40,44)/t31-,34+,37-/m0/s1. The highest BCUT2D eigenvalue weighted by Crippen LogP contribution is 2.42. The van der Waals surface area contributed by atoms with Gasteiger partial charge in [0.2, 0.25) is 15.9 Å². The summed E-state index contributed by atoms with van der Waals surface area (Å²) in [6, 6.07) is 20.3. The molecule has 0 saturated carbocycles. The van der Waals surface area contributed by atoms with E-state index in [-0.39, 0.29) is 49.4 Å². The summed E-state index contributed by atoms with van der Waals surface area (Å²) in [6.45, 7) is 8.80. The van der Waals surface area contributed by atoms with Gasteiger partial charge in [-0.15, -0.1) is 0 Å². The SMILES string of the molecule is COCCCN1CCOc2ccc(CO[C@H]3CN(S(=O)(=O)c4ccc(C)cc4)[C@H](CC(C)(C)C(=O)NCCO)C[C@@H]3c3ccc(OC)cc3)cc21. The maximum absolute atomic E-state index is 14.5. The van der Waals surface area contributed by atoms with E-state index >= 15 is 0 Å². The van der Waals surface area contributed by atoms with E-state index in [1.54, 1.807) is 42.8 Å². The van der Waals surface area contributed by atoms with Crippen LogP contribution in [-0.2, 0) is 30.9 Å². The highest BCUT2D eigenvalue weighted by Gasteiger charge is 2.46. The van der Waals surface area contributed by atoms with Gasteiger partial charge in [0.1, 0.15) is 18.1 Å². The minimum atomic E-state index is -3.98. The number of amides is 1. The number of hydrogen-bond acceptors (Lipinski definition) is 9. The molecule has 3 aromatic carbocycles. The fourth-order valence-electron chi connectivity index (χ4n) is 7.05. The molecule has 5 rings (SSSR count). The van der Waals surface area contributed by atoms with Gasteiger partial charge in [0.05, 0.1) is 43.6 Å². The Balaban J connectivity index is 1.48. The number of aryl methyl sites for hydroxylation is 1. The first-order chi connectivity index (χ1) is 24.5. The summed E-state index contributed by atoms with van der Waals surface area (Å²) < 4.78 is 53.9. The van der Waals surface area contributed by atoms with Crippen molar-refractivity contribution in [3.8, 4) is 11.5 Å². The average molecular weight is 724 g/mol. The van der Waals surface area contributed by atoms with E-state index in [2.05, 4.69) is 16.3 Å². The van der Waals surface area contributed by atoms with E-state index in [0.717, 1.165) is 53.4 Å². The normalized spacial score (nSPS) is 19.6. The summed E-state index contributed by atoms with van der Waals surface area (Å²) in [4.78, 5) is 15.8. The van der Waals surface area contributed by atoms with E-state index in [4.69, 9.17) is 18.9 Å². The number of rotatable bonds is 16. The molecule has 0 bridgehead atoms. The molecule has 2 aliphatic heterocycles. The van der Waals surface area contributed by atoms with Crippen LogP contribution in [0.5, 0.6) is 11.5 Å². The zero-order valence-corrected chi connectivity index (χ0v) is 31.3. The molecule has 0 unspecified atom stereocenters. The lowest BCUT2D eigenvalue weighted by atomic mass is 9.77. The van der Waals surface area contributed by atoms with Gasteiger partial charge in [-0.25, -0.2) is 8.42 Å². The molecule has 12 heteroatoms. The van der Waals surface area contributed by atoms with Crippen molar-refractivity contribution in [1.82, 2.24) is 9.62 Å². The Morgan fingerprint density at radius 2 is 1.80 bits per heavy atom. The van der Waals surface area contributed by atoms with E-state index in [9.17, 15) is 18.3 Å². The predicted octanol–water partition coefficient (Wildman–Crippen LogP) is 4.90. The number of piperidine rings is 1. The smallest absolute Gasteiger partial charge is 0.243 e. The average Bonchev–Trinajstić information content (AvgIpc) is 3.13. The number of ether oxygens (including phenoxy) is 4. The van der Waals surface area contributed by atoms with Crippen LogP contribution in [0.2, 0.25) is 0 Å². The van der Waals surface area contributed by atoms with Crippen LogP contribution in [0.3, 0.4) is 0 Å². The number of hydrogen-bond donors (Lipinski definition) is 2. The van der Waals surface area contributed by atoms with Crippen molar-refractivity contribution in [3.63, 3.8) is 0 Å². The first-order valence-electron chi connectivity index (χ1n) is 17.7. The van der Waals surface area contributed by atoms with Gasteiger partial charge in [-0.1, -0.05) is 49.7 Å². The van der Waals surface area contributed by atoms with Gasteiger partial charge in [0, 0.05) is 50.7 Å². The van der Waals surface area contributed by atoms with Gasteiger partial charge in [-0.3, -0.25) is 4.79 Å². The summed E-state index contributed by atoms with van der Waals surface area (Å²) in [6.07, 6.45) is 1.11. The van der Waals surface area contributed by atoms with Crippen molar-refractivity contribution in [2.45, 2.75) is 69.6 Å². The second kappa shape index (κ2) is 17.2. The molecule has 1 saturated heterocycles.